The fraction of sp³-hybridized carbons (Fsp3) is 0.143. The number of aromatic nitrogens is 1. The summed E-state index contributed by atoms with van der Waals surface area (Å²) in [4.78, 5) is 16.0. The summed E-state index contributed by atoms with van der Waals surface area (Å²) < 4.78 is 0.880. The van der Waals surface area contributed by atoms with Crippen molar-refractivity contribution >= 4 is 33.3 Å². The molecule has 0 aliphatic rings. The normalized spacial score (nSPS) is 10.3. The van der Waals surface area contributed by atoms with E-state index >= 15 is 0 Å². The van der Waals surface area contributed by atoms with E-state index in [0.717, 1.165) is 15.6 Å². The number of ketones is 1. The van der Waals surface area contributed by atoms with Gasteiger partial charge < -0.3 is 0 Å². The number of Topliss-reactive ketones (excluding diaryl/α,β-unsaturated/α-hetero) is 1. The number of rotatable bonds is 4. The number of hydrogen-bond donors (Lipinski definition) is 0. The summed E-state index contributed by atoms with van der Waals surface area (Å²) >= 11 is 9.36. The Morgan fingerprint density at radius 1 is 1.22 bits per heavy atom. The van der Waals surface area contributed by atoms with Crippen LogP contribution in [-0.4, -0.2) is 10.8 Å². The summed E-state index contributed by atoms with van der Waals surface area (Å²) in [5.74, 6) is 0.128. The maximum absolute atomic E-state index is 11.9. The Balaban J connectivity index is 2.03. The van der Waals surface area contributed by atoms with E-state index in [2.05, 4.69) is 20.9 Å². The fourth-order valence-corrected chi connectivity index (χ4v) is 2.31. The molecule has 92 valence electrons. The first-order chi connectivity index (χ1) is 8.65. The van der Waals surface area contributed by atoms with Crippen LogP contribution in [0.5, 0.6) is 0 Å². The Morgan fingerprint density at radius 3 is 2.72 bits per heavy atom. The Labute approximate surface area is 119 Å². The molecule has 1 aromatic carbocycles. The van der Waals surface area contributed by atoms with Crippen molar-refractivity contribution < 1.29 is 4.79 Å². The number of nitrogens with zero attached hydrogens (tertiary/aromatic N) is 1. The number of carbonyl (C=O) groups excluding carboxylic acids is 1. The maximum atomic E-state index is 11.9. The lowest BCUT2D eigenvalue weighted by Crippen LogP contribution is -2.07. The predicted octanol–water partition coefficient (Wildman–Crippen LogP) is 3.85. The van der Waals surface area contributed by atoms with Gasteiger partial charge in [0.1, 0.15) is 5.78 Å². The van der Waals surface area contributed by atoms with E-state index in [-0.39, 0.29) is 5.78 Å². The van der Waals surface area contributed by atoms with E-state index in [4.69, 9.17) is 11.6 Å². The largest absolute Gasteiger partial charge is 0.299 e. The molecular weight excluding hydrogens is 314 g/mol. The van der Waals surface area contributed by atoms with Crippen molar-refractivity contribution in [3.63, 3.8) is 0 Å². The molecule has 0 bridgehead atoms. The van der Waals surface area contributed by atoms with Crippen LogP contribution in [0.4, 0.5) is 0 Å². The summed E-state index contributed by atoms with van der Waals surface area (Å²) in [6, 6.07) is 9.31. The Hall–Kier alpha value is -1.19. The molecule has 2 rings (SSSR count). The molecule has 0 radical (unpaired) electrons. The van der Waals surface area contributed by atoms with Crippen LogP contribution in [0.1, 0.15) is 11.1 Å². The molecule has 0 aliphatic carbocycles. The molecule has 0 saturated heterocycles. The second kappa shape index (κ2) is 6.12. The minimum atomic E-state index is 0.128. The van der Waals surface area contributed by atoms with Crippen LogP contribution < -0.4 is 0 Å². The van der Waals surface area contributed by atoms with Gasteiger partial charge in [0.2, 0.25) is 0 Å². The Morgan fingerprint density at radius 2 is 2.00 bits per heavy atom. The van der Waals surface area contributed by atoms with Crippen molar-refractivity contribution in [1.82, 2.24) is 4.98 Å². The zero-order valence-electron chi connectivity index (χ0n) is 9.57. The lowest BCUT2D eigenvalue weighted by molar-refractivity contribution is -0.117. The molecule has 0 unspecified atom stereocenters. The van der Waals surface area contributed by atoms with Gasteiger partial charge in [-0.3, -0.25) is 9.78 Å². The van der Waals surface area contributed by atoms with Crippen molar-refractivity contribution in [3.05, 3.63) is 63.3 Å². The zero-order valence-corrected chi connectivity index (χ0v) is 11.9. The molecule has 2 aromatic rings. The van der Waals surface area contributed by atoms with Crippen molar-refractivity contribution in [1.29, 1.82) is 0 Å². The molecule has 1 heterocycles. The van der Waals surface area contributed by atoms with Crippen molar-refractivity contribution in [3.8, 4) is 0 Å². The van der Waals surface area contributed by atoms with Crippen LogP contribution in [0.2, 0.25) is 5.02 Å². The Bertz CT molecular complexity index is 571. The lowest BCUT2D eigenvalue weighted by Gasteiger charge is -2.04. The van der Waals surface area contributed by atoms with E-state index in [1.165, 1.54) is 0 Å². The number of pyridine rings is 1. The van der Waals surface area contributed by atoms with E-state index in [0.29, 0.717) is 17.9 Å². The van der Waals surface area contributed by atoms with Gasteiger partial charge in [-0.05, 0) is 39.2 Å². The zero-order chi connectivity index (χ0) is 13.0. The standard InChI is InChI=1S/C14H11BrClNO/c15-12-5-10(8-17-9-12)6-13(18)7-11-3-1-2-4-14(11)16/h1-5,8-9H,6-7H2. The number of halogens is 2. The maximum Gasteiger partial charge on any atom is 0.141 e. The summed E-state index contributed by atoms with van der Waals surface area (Å²) in [6.45, 7) is 0. The number of benzene rings is 1. The average molecular weight is 325 g/mol. The van der Waals surface area contributed by atoms with E-state index in [9.17, 15) is 4.79 Å². The molecule has 0 saturated carbocycles. The first-order valence-electron chi connectivity index (χ1n) is 5.49. The quantitative estimate of drug-likeness (QED) is 0.855. The molecule has 0 fully saturated rings. The fourth-order valence-electron chi connectivity index (χ4n) is 1.70. The highest BCUT2D eigenvalue weighted by Crippen LogP contribution is 2.17. The van der Waals surface area contributed by atoms with Crippen LogP contribution in [0.3, 0.4) is 0 Å². The minimum absolute atomic E-state index is 0.128. The Kier molecular flexibility index (Phi) is 4.50. The average Bonchev–Trinajstić information content (AvgIpc) is 2.32. The summed E-state index contributed by atoms with van der Waals surface area (Å²) in [5, 5.41) is 0.637. The monoisotopic (exact) mass is 323 g/mol. The second-order valence-corrected chi connectivity index (χ2v) is 5.32. The predicted molar refractivity (Wildman–Crippen MR) is 75.8 cm³/mol. The van der Waals surface area contributed by atoms with E-state index in [1.807, 2.05) is 24.3 Å². The van der Waals surface area contributed by atoms with Crippen LogP contribution in [0.25, 0.3) is 0 Å². The first kappa shape index (κ1) is 13.2. The lowest BCUT2D eigenvalue weighted by atomic mass is 10.0. The molecule has 2 nitrogen and oxygen atoms in total. The van der Waals surface area contributed by atoms with Gasteiger partial charge in [-0.2, -0.15) is 0 Å². The van der Waals surface area contributed by atoms with Crippen molar-refractivity contribution in [2.24, 2.45) is 0 Å². The summed E-state index contributed by atoms with van der Waals surface area (Å²) in [6.07, 6.45) is 4.13. The van der Waals surface area contributed by atoms with Gasteiger partial charge in [0, 0.05) is 34.7 Å². The van der Waals surface area contributed by atoms with Crippen LogP contribution >= 0.6 is 27.5 Å². The molecule has 0 amide bonds. The molecule has 18 heavy (non-hydrogen) atoms. The highest BCUT2D eigenvalue weighted by atomic mass is 79.9. The van der Waals surface area contributed by atoms with Gasteiger partial charge in [0.25, 0.3) is 0 Å². The third kappa shape index (κ3) is 3.65. The van der Waals surface area contributed by atoms with Gasteiger partial charge in [0.05, 0.1) is 0 Å². The third-order valence-electron chi connectivity index (χ3n) is 2.51. The molecular formula is C14H11BrClNO. The molecule has 0 spiro atoms. The molecule has 0 N–H and O–H groups in total. The third-order valence-corrected chi connectivity index (χ3v) is 3.31. The second-order valence-electron chi connectivity index (χ2n) is 4.00. The van der Waals surface area contributed by atoms with Gasteiger partial charge in [-0.1, -0.05) is 29.8 Å². The van der Waals surface area contributed by atoms with Crippen LogP contribution in [0.15, 0.2) is 47.2 Å². The first-order valence-corrected chi connectivity index (χ1v) is 6.67. The molecule has 1 aromatic heterocycles. The smallest absolute Gasteiger partial charge is 0.141 e. The minimum Gasteiger partial charge on any atom is -0.299 e. The summed E-state index contributed by atoms with van der Waals surface area (Å²) in [7, 11) is 0. The van der Waals surface area contributed by atoms with E-state index < -0.39 is 0 Å². The highest BCUT2D eigenvalue weighted by molar-refractivity contribution is 9.10. The van der Waals surface area contributed by atoms with E-state index in [1.54, 1.807) is 18.5 Å². The van der Waals surface area contributed by atoms with Crippen molar-refractivity contribution in [2.45, 2.75) is 12.8 Å². The van der Waals surface area contributed by atoms with Gasteiger partial charge in [-0.15, -0.1) is 0 Å². The van der Waals surface area contributed by atoms with Gasteiger partial charge >= 0.3 is 0 Å². The number of carbonyl (C=O) groups is 1. The van der Waals surface area contributed by atoms with Crippen LogP contribution in [0, 0.1) is 0 Å². The van der Waals surface area contributed by atoms with Gasteiger partial charge in [-0.25, -0.2) is 0 Å². The molecule has 0 aliphatic heterocycles. The molecule has 0 atom stereocenters. The number of hydrogen-bond acceptors (Lipinski definition) is 2. The SMILES string of the molecule is O=C(Cc1cncc(Br)c1)Cc1ccccc1Cl. The topological polar surface area (TPSA) is 30.0 Å². The summed E-state index contributed by atoms with van der Waals surface area (Å²) in [5.41, 5.74) is 1.77. The molecule has 4 heteroatoms. The highest BCUT2D eigenvalue weighted by Gasteiger charge is 2.08. The van der Waals surface area contributed by atoms with Crippen LogP contribution in [-0.2, 0) is 17.6 Å². The van der Waals surface area contributed by atoms with Crippen molar-refractivity contribution in [2.75, 3.05) is 0 Å². The van der Waals surface area contributed by atoms with Gasteiger partial charge in [0.15, 0.2) is 0 Å².